The zero-order chi connectivity index (χ0) is 9.52. The third-order valence-corrected chi connectivity index (χ3v) is 2.43. The summed E-state index contributed by atoms with van der Waals surface area (Å²) >= 11 is 1.61. The van der Waals surface area contributed by atoms with Crippen LogP contribution in [-0.4, -0.2) is 25.3 Å². The minimum Gasteiger partial charge on any atom is -0.382 e. The fourth-order valence-electron chi connectivity index (χ4n) is 0.808. The van der Waals surface area contributed by atoms with Crippen LogP contribution in [0.1, 0.15) is 18.0 Å². The lowest BCUT2D eigenvalue weighted by Crippen LogP contribution is -2.21. The van der Waals surface area contributed by atoms with Crippen LogP contribution in [0.15, 0.2) is 11.6 Å². The Morgan fingerprint density at radius 2 is 2.46 bits per heavy atom. The number of aromatic nitrogens is 1. The number of thiazole rings is 1. The maximum atomic E-state index is 5.15. The summed E-state index contributed by atoms with van der Waals surface area (Å²) in [5.74, 6) is 0. The molecule has 1 aromatic heterocycles. The molecular weight excluding hydrogens is 188 g/mol. The SMILES string of the molecule is COCCONC(C)c1nccs1. The Labute approximate surface area is 81.8 Å². The predicted octanol–water partition coefficient (Wildman–Crippen LogP) is 1.37. The normalized spacial score (nSPS) is 13.1. The van der Waals surface area contributed by atoms with Gasteiger partial charge in [-0.3, -0.25) is 4.84 Å². The molecule has 1 heterocycles. The predicted molar refractivity (Wildman–Crippen MR) is 51.5 cm³/mol. The molecular formula is C8H14N2O2S. The van der Waals surface area contributed by atoms with E-state index in [-0.39, 0.29) is 6.04 Å². The van der Waals surface area contributed by atoms with Gasteiger partial charge in [-0.1, -0.05) is 0 Å². The molecule has 0 aliphatic carbocycles. The van der Waals surface area contributed by atoms with Crippen LogP contribution in [0.2, 0.25) is 0 Å². The molecule has 0 spiro atoms. The van der Waals surface area contributed by atoms with Gasteiger partial charge in [0, 0.05) is 18.7 Å². The second kappa shape index (κ2) is 6.04. The van der Waals surface area contributed by atoms with Crippen LogP contribution in [0.4, 0.5) is 0 Å². The first-order chi connectivity index (χ1) is 6.34. The first-order valence-electron chi connectivity index (χ1n) is 4.10. The Kier molecular flexibility index (Phi) is 4.92. The summed E-state index contributed by atoms with van der Waals surface area (Å²) in [6, 6.07) is 0.136. The topological polar surface area (TPSA) is 43.4 Å². The highest BCUT2D eigenvalue weighted by Gasteiger charge is 2.06. The van der Waals surface area contributed by atoms with Gasteiger partial charge in [0.1, 0.15) is 5.01 Å². The molecule has 0 saturated carbocycles. The molecule has 4 nitrogen and oxygen atoms in total. The van der Waals surface area contributed by atoms with Crippen molar-refractivity contribution in [3.8, 4) is 0 Å². The van der Waals surface area contributed by atoms with Crippen LogP contribution >= 0.6 is 11.3 Å². The minimum atomic E-state index is 0.136. The van der Waals surface area contributed by atoms with Crippen molar-refractivity contribution in [2.75, 3.05) is 20.3 Å². The molecule has 0 radical (unpaired) electrons. The van der Waals surface area contributed by atoms with Gasteiger partial charge in [0.25, 0.3) is 0 Å². The van der Waals surface area contributed by atoms with Crippen molar-refractivity contribution >= 4 is 11.3 Å². The molecule has 1 aromatic rings. The zero-order valence-corrected chi connectivity index (χ0v) is 8.63. The zero-order valence-electron chi connectivity index (χ0n) is 7.82. The first kappa shape index (κ1) is 10.6. The van der Waals surface area contributed by atoms with Gasteiger partial charge in [-0.2, -0.15) is 5.48 Å². The Morgan fingerprint density at radius 3 is 3.08 bits per heavy atom. The second-order valence-electron chi connectivity index (χ2n) is 2.55. The van der Waals surface area contributed by atoms with Gasteiger partial charge >= 0.3 is 0 Å². The largest absolute Gasteiger partial charge is 0.382 e. The van der Waals surface area contributed by atoms with Gasteiger partial charge in [-0.15, -0.1) is 11.3 Å². The van der Waals surface area contributed by atoms with Crippen LogP contribution in [0.25, 0.3) is 0 Å². The van der Waals surface area contributed by atoms with E-state index in [0.717, 1.165) is 5.01 Å². The highest BCUT2D eigenvalue weighted by atomic mass is 32.1. The molecule has 0 aromatic carbocycles. The van der Waals surface area contributed by atoms with Gasteiger partial charge in [-0.25, -0.2) is 4.98 Å². The number of hydrogen-bond donors (Lipinski definition) is 1. The average molecular weight is 202 g/mol. The van der Waals surface area contributed by atoms with Crippen LogP contribution in [0.5, 0.6) is 0 Å². The van der Waals surface area contributed by atoms with Gasteiger partial charge in [0.05, 0.1) is 19.3 Å². The Bertz CT molecular complexity index is 216. The maximum absolute atomic E-state index is 5.15. The van der Waals surface area contributed by atoms with Gasteiger partial charge in [0.15, 0.2) is 0 Å². The molecule has 0 amide bonds. The molecule has 1 unspecified atom stereocenters. The number of nitrogens with zero attached hydrogens (tertiary/aromatic N) is 1. The quantitative estimate of drug-likeness (QED) is 0.559. The van der Waals surface area contributed by atoms with Crippen LogP contribution in [-0.2, 0) is 9.57 Å². The second-order valence-corrected chi connectivity index (χ2v) is 3.48. The molecule has 0 saturated heterocycles. The molecule has 0 fully saturated rings. The van der Waals surface area contributed by atoms with Gasteiger partial charge in [0.2, 0.25) is 0 Å². The first-order valence-corrected chi connectivity index (χ1v) is 4.98. The minimum absolute atomic E-state index is 0.136. The fourth-order valence-corrected chi connectivity index (χ4v) is 1.44. The molecule has 0 aliphatic rings. The molecule has 74 valence electrons. The lowest BCUT2D eigenvalue weighted by molar-refractivity contribution is -0.00927. The number of ether oxygens (including phenoxy) is 1. The molecule has 1 rings (SSSR count). The standard InChI is InChI=1S/C8H14N2O2S/c1-7(8-9-3-6-13-8)10-12-5-4-11-2/h3,6-7,10H,4-5H2,1-2H3. The van der Waals surface area contributed by atoms with Crippen LogP contribution < -0.4 is 5.48 Å². The monoisotopic (exact) mass is 202 g/mol. The molecule has 0 aliphatic heterocycles. The Balaban J connectivity index is 2.15. The van der Waals surface area contributed by atoms with E-state index in [1.165, 1.54) is 0 Å². The summed E-state index contributed by atoms with van der Waals surface area (Å²) < 4.78 is 4.84. The molecule has 1 atom stereocenters. The van der Waals surface area contributed by atoms with Crippen molar-refractivity contribution in [1.82, 2.24) is 10.5 Å². The summed E-state index contributed by atoms with van der Waals surface area (Å²) in [6.45, 7) is 3.15. The molecule has 5 heteroatoms. The smallest absolute Gasteiger partial charge is 0.112 e. The van der Waals surface area contributed by atoms with E-state index in [1.54, 1.807) is 24.6 Å². The van der Waals surface area contributed by atoms with Crippen molar-refractivity contribution < 1.29 is 9.57 Å². The highest BCUT2D eigenvalue weighted by molar-refractivity contribution is 7.09. The highest BCUT2D eigenvalue weighted by Crippen LogP contribution is 2.13. The fraction of sp³-hybridized carbons (Fsp3) is 0.625. The van der Waals surface area contributed by atoms with Crippen LogP contribution in [0.3, 0.4) is 0 Å². The summed E-state index contributed by atoms with van der Waals surface area (Å²) in [5.41, 5.74) is 2.89. The van der Waals surface area contributed by atoms with E-state index in [4.69, 9.17) is 9.57 Å². The van der Waals surface area contributed by atoms with E-state index in [2.05, 4.69) is 10.5 Å². The summed E-state index contributed by atoms with van der Waals surface area (Å²) in [6.07, 6.45) is 1.79. The third-order valence-electron chi connectivity index (χ3n) is 1.47. The number of rotatable bonds is 6. The number of hydroxylamine groups is 1. The van der Waals surface area contributed by atoms with Crippen molar-refractivity contribution in [2.45, 2.75) is 13.0 Å². The van der Waals surface area contributed by atoms with Crippen molar-refractivity contribution in [1.29, 1.82) is 0 Å². The Morgan fingerprint density at radius 1 is 1.62 bits per heavy atom. The van der Waals surface area contributed by atoms with E-state index < -0.39 is 0 Å². The maximum Gasteiger partial charge on any atom is 0.112 e. The lowest BCUT2D eigenvalue weighted by atomic mass is 10.4. The van der Waals surface area contributed by atoms with Crippen LogP contribution in [0, 0.1) is 0 Å². The van der Waals surface area contributed by atoms with E-state index >= 15 is 0 Å². The van der Waals surface area contributed by atoms with Crippen molar-refractivity contribution in [2.24, 2.45) is 0 Å². The number of nitrogens with one attached hydrogen (secondary N) is 1. The Hall–Kier alpha value is -0.490. The average Bonchev–Trinajstić information content (AvgIpc) is 2.65. The molecule has 13 heavy (non-hydrogen) atoms. The van der Waals surface area contributed by atoms with Crippen molar-refractivity contribution in [3.05, 3.63) is 16.6 Å². The summed E-state index contributed by atoms with van der Waals surface area (Å²) in [4.78, 5) is 9.31. The van der Waals surface area contributed by atoms with Crippen molar-refractivity contribution in [3.63, 3.8) is 0 Å². The lowest BCUT2D eigenvalue weighted by Gasteiger charge is -2.10. The van der Waals surface area contributed by atoms with Gasteiger partial charge < -0.3 is 4.74 Å². The third kappa shape index (κ3) is 3.82. The van der Waals surface area contributed by atoms with E-state index in [9.17, 15) is 0 Å². The number of hydrogen-bond acceptors (Lipinski definition) is 5. The summed E-state index contributed by atoms with van der Waals surface area (Å²) in [5, 5.41) is 2.97. The van der Waals surface area contributed by atoms with E-state index in [1.807, 2.05) is 12.3 Å². The molecule has 1 N–H and O–H groups in total. The van der Waals surface area contributed by atoms with E-state index in [0.29, 0.717) is 13.2 Å². The summed E-state index contributed by atoms with van der Waals surface area (Å²) in [7, 11) is 1.65. The number of methoxy groups -OCH3 is 1. The molecule has 0 bridgehead atoms. The van der Waals surface area contributed by atoms with Gasteiger partial charge in [-0.05, 0) is 6.92 Å².